The van der Waals surface area contributed by atoms with E-state index in [2.05, 4.69) is 159 Å². The molecule has 0 aliphatic heterocycles. The minimum absolute atomic E-state index is 0.718. The van der Waals surface area contributed by atoms with Gasteiger partial charge in [-0.05, 0) is 148 Å². The Morgan fingerprint density at radius 1 is 0.289 bits per heavy atom. The summed E-state index contributed by atoms with van der Waals surface area (Å²) in [6.45, 7) is 0. The molecular weight excluding hydrogens is 1070 g/mol. The van der Waals surface area contributed by atoms with E-state index in [1.54, 1.807) is 29.9 Å². The Morgan fingerprint density at radius 3 is 1.10 bits per heavy atom. The van der Waals surface area contributed by atoms with Gasteiger partial charge in [-0.3, -0.25) is 15.0 Å². The van der Waals surface area contributed by atoms with Crippen LogP contribution in [0.25, 0.3) is 92.6 Å². The Morgan fingerprint density at radius 2 is 0.651 bits per heavy atom. The van der Waals surface area contributed by atoms with Gasteiger partial charge in [-0.1, -0.05) is 140 Å². The first-order valence-electron chi connectivity index (χ1n) is 27.4. The van der Waals surface area contributed by atoms with Crippen LogP contribution in [0.15, 0.2) is 310 Å². The zero-order valence-electron chi connectivity index (χ0n) is 44.9. The molecule has 14 aromatic rings. The molecule has 5 heterocycles. The molecule has 0 N–H and O–H groups in total. The third kappa shape index (κ3) is 9.85. The highest BCUT2D eigenvalue weighted by Gasteiger charge is 2.33. The molecule has 0 saturated heterocycles. The molecule has 9 aromatic carbocycles. The summed E-state index contributed by atoms with van der Waals surface area (Å²) in [4.78, 5) is 13.4. The maximum atomic E-state index is 16.5. The zero-order valence-corrected chi connectivity index (χ0v) is 47.5. The van der Waals surface area contributed by atoms with Crippen molar-refractivity contribution >= 4 is 77.6 Å². The molecule has 1 atom stereocenters. The maximum absolute atomic E-state index is 16.5. The molecule has 0 bridgehead atoms. The fourth-order valence-corrected chi connectivity index (χ4v) is 17.8. The van der Waals surface area contributed by atoms with Crippen LogP contribution in [0.2, 0.25) is 0 Å². The average molecular weight is 1120 g/mol. The van der Waals surface area contributed by atoms with Crippen molar-refractivity contribution in [2.75, 3.05) is 0 Å². The molecule has 0 amide bonds. The number of benzene rings is 9. The van der Waals surface area contributed by atoms with Gasteiger partial charge in [-0.15, -0.1) is 11.3 Å². The summed E-state index contributed by atoms with van der Waals surface area (Å²) in [5.41, 5.74) is 13.5. The Labute approximate surface area is 486 Å². The quantitative estimate of drug-likeness (QED) is 0.0849. The van der Waals surface area contributed by atoms with Gasteiger partial charge < -0.3 is 9.13 Å². The van der Waals surface area contributed by atoms with Crippen molar-refractivity contribution in [1.82, 2.24) is 15.0 Å². The highest BCUT2D eigenvalue weighted by Crippen LogP contribution is 2.47. The fraction of sp³-hybridized carbons (Fsp3) is 0. The van der Waals surface area contributed by atoms with Crippen LogP contribution in [0.3, 0.4) is 0 Å². The van der Waals surface area contributed by atoms with Gasteiger partial charge in [-0.25, -0.2) is 0 Å². The monoisotopic (exact) mass is 1120 g/mol. The predicted octanol–water partition coefficient (Wildman–Crippen LogP) is 15.8. The van der Waals surface area contributed by atoms with Gasteiger partial charge in [-0.2, -0.15) is 4.57 Å². The molecule has 6 nitrogen and oxygen atoms in total. The molecule has 83 heavy (non-hydrogen) atoms. The average Bonchev–Trinajstić information content (AvgIpc) is 4.21. The van der Waals surface area contributed by atoms with E-state index in [-0.39, 0.29) is 0 Å². The number of hydrogen-bond donors (Lipinski definition) is 0. The van der Waals surface area contributed by atoms with E-state index in [0.717, 1.165) is 124 Å². The van der Waals surface area contributed by atoms with Crippen LogP contribution in [-0.2, 0) is 9.13 Å². The van der Waals surface area contributed by atoms with Crippen molar-refractivity contribution < 1.29 is 13.7 Å². The molecule has 14 rings (SSSR count). The van der Waals surface area contributed by atoms with E-state index in [1.807, 2.05) is 152 Å². The highest BCUT2D eigenvalue weighted by atomic mass is 32.1. The predicted molar refractivity (Wildman–Crippen MR) is 346 cm³/mol. The van der Waals surface area contributed by atoms with Crippen LogP contribution in [0.5, 0.6) is 0 Å². The highest BCUT2D eigenvalue weighted by molar-refractivity contribution is 7.85. The Bertz CT molecular complexity index is 4690. The SMILES string of the molecule is O=P(c1ccccc1)(c1ccccc1)c1ccc2sc3ccc(P(=O)(c4ccccc4)c4cccc(-[n+]5cccc(-c6cc(-c7cccnc7)cc(-c7cccc(-c8cc(-c9cccnc9)cc(-c9cccnc9)c8)c7)c6)c5)c4)cc3c2c1. The Balaban J connectivity index is 0.852. The second-order valence-corrected chi connectivity index (χ2v) is 27.2. The number of hydrogen-bond acceptors (Lipinski definition) is 6. The largest absolute Gasteiger partial charge is 0.309 e. The number of fused-ring (bicyclic) bond motifs is 3. The standard InChI is InChI=1S/C74H51N4O2P2S/c79-81(65-23-4-1-5-24-65,66-25-6-2-7-26-66)69-30-32-73-71(46-69)72-47-70(31-33-74(72)83-73)82(80,67-27-8-3-9-28-67)68-29-11-22-64(45-68)78-37-15-21-57(51-78)63-42-59(41-62(44-63)56-20-14-36-77-50-56)53-17-10-16-52(38-53)58-39-60(54-18-12-34-75-48-54)43-61(40-58)55-19-13-35-76-49-55/h1-51H/q+1. The van der Waals surface area contributed by atoms with Crippen molar-refractivity contribution in [2.45, 2.75) is 0 Å². The van der Waals surface area contributed by atoms with Crippen molar-refractivity contribution in [2.24, 2.45) is 0 Å². The zero-order chi connectivity index (χ0) is 55.7. The molecule has 0 fully saturated rings. The van der Waals surface area contributed by atoms with Gasteiger partial charge in [0, 0.05) is 130 Å². The van der Waals surface area contributed by atoms with E-state index in [1.165, 1.54) is 0 Å². The summed E-state index contributed by atoms with van der Waals surface area (Å²) in [7, 11) is -6.77. The Kier molecular flexibility index (Phi) is 13.6. The van der Waals surface area contributed by atoms with E-state index in [0.29, 0.717) is 0 Å². The van der Waals surface area contributed by atoms with Gasteiger partial charge in [0.2, 0.25) is 5.69 Å². The first-order valence-corrected chi connectivity index (χ1v) is 31.7. The summed E-state index contributed by atoms with van der Waals surface area (Å²) in [5.74, 6) is 0. The number of thiophene rings is 1. The second kappa shape index (κ2) is 22.0. The summed E-state index contributed by atoms with van der Waals surface area (Å²) in [6.07, 6.45) is 15.3. The normalized spacial score (nSPS) is 12.3. The lowest BCUT2D eigenvalue weighted by atomic mass is 9.91. The van der Waals surface area contributed by atoms with Gasteiger partial charge >= 0.3 is 0 Å². The molecule has 1 unspecified atom stereocenters. The minimum Gasteiger partial charge on any atom is -0.309 e. The molecular formula is C74H51N4O2P2S+. The lowest BCUT2D eigenvalue weighted by Gasteiger charge is -2.21. The lowest BCUT2D eigenvalue weighted by Crippen LogP contribution is -2.32. The number of pyridine rings is 4. The molecule has 0 saturated carbocycles. The molecule has 9 heteroatoms. The lowest BCUT2D eigenvalue weighted by molar-refractivity contribution is -0.595. The molecule has 0 aliphatic rings. The smallest absolute Gasteiger partial charge is 0.211 e. The first-order chi connectivity index (χ1) is 40.8. The number of nitrogens with zero attached hydrogens (tertiary/aromatic N) is 4. The first kappa shape index (κ1) is 51.4. The summed E-state index contributed by atoms with van der Waals surface area (Å²) in [5, 5.41) is 6.48. The van der Waals surface area contributed by atoms with Crippen LogP contribution in [0, 0.1) is 0 Å². The number of rotatable bonds is 13. The molecule has 0 radical (unpaired) electrons. The van der Waals surface area contributed by atoms with Gasteiger partial charge in [0.15, 0.2) is 26.7 Å². The Hall–Kier alpha value is -9.74. The second-order valence-electron chi connectivity index (χ2n) is 20.6. The maximum Gasteiger partial charge on any atom is 0.211 e. The van der Waals surface area contributed by atoms with E-state index < -0.39 is 14.3 Å². The number of aromatic nitrogens is 4. The van der Waals surface area contributed by atoms with E-state index in [4.69, 9.17) is 0 Å². The molecule has 0 aliphatic carbocycles. The topological polar surface area (TPSA) is 76.7 Å². The molecule has 0 spiro atoms. The third-order valence-corrected chi connectivity index (χ3v) is 22.8. The van der Waals surface area contributed by atoms with Crippen molar-refractivity contribution in [1.29, 1.82) is 0 Å². The van der Waals surface area contributed by atoms with Crippen molar-refractivity contribution in [3.05, 3.63) is 310 Å². The summed E-state index contributed by atoms with van der Waals surface area (Å²) >= 11 is 1.69. The van der Waals surface area contributed by atoms with Crippen molar-refractivity contribution in [3.63, 3.8) is 0 Å². The van der Waals surface area contributed by atoms with Crippen molar-refractivity contribution in [3.8, 4) is 72.4 Å². The fourth-order valence-electron chi connectivity index (χ4n) is 11.3. The van der Waals surface area contributed by atoms with Gasteiger partial charge in [0.05, 0.1) is 0 Å². The molecule has 5 aromatic heterocycles. The third-order valence-electron chi connectivity index (χ3n) is 15.5. The van der Waals surface area contributed by atoms with Crippen LogP contribution in [0.4, 0.5) is 0 Å². The molecule has 394 valence electrons. The van der Waals surface area contributed by atoms with Gasteiger partial charge in [0.1, 0.15) is 0 Å². The summed E-state index contributed by atoms with van der Waals surface area (Å²) in [6, 6.07) is 88.7. The van der Waals surface area contributed by atoms with Crippen LogP contribution in [0.1, 0.15) is 0 Å². The van der Waals surface area contributed by atoms with Gasteiger partial charge in [0.25, 0.3) is 0 Å². The van der Waals surface area contributed by atoms with Crippen LogP contribution < -0.4 is 36.4 Å². The van der Waals surface area contributed by atoms with Crippen LogP contribution in [-0.4, -0.2) is 15.0 Å². The minimum atomic E-state index is -3.51. The van der Waals surface area contributed by atoms with E-state index >= 15 is 9.13 Å². The van der Waals surface area contributed by atoms with E-state index in [9.17, 15) is 0 Å². The summed E-state index contributed by atoms with van der Waals surface area (Å²) < 4.78 is 36.4. The van der Waals surface area contributed by atoms with Crippen LogP contribution >= 0.6 is 25.6 Å².